The summed E-state index contributed by atoms with van der Waals surface area (Å²) in [5.41, 5.74) is 3.97. The van der Waals surface area contributed by atoms with Crippen molar-refractivity contribution in [1.29, 1.82) is 5.26 Å². The minimum absolute atomic E-state index is 0.162. The topological polar surface area (TPSA) is 118 Å². The van der Waals surface area contributed by atoms with Crippen molar-refractivity contribution in [3.8, 4) is 12.1 Å². The Hall–Kier alpha value is -5.18. The second-order valence-corrected chi connectivity index (χ2v) is 13.8. The maximum absolute atomic E-state index is 13.8. The molecule has 1 aromatic heterocycles. The van der Waals surface area contributed by atoms with E-state index in [2.05, 4.69) is 64.0 Å². The molecule has 4 aromatic rings. The third kappa shape index (κ3) is 7.20. The molecule has 2 atom stereocenters. The molecule has 0 aliphatic carbocycles. The highest BCUT2D eigenvalue weighted by molar-refractivity contribution is 6.36. The second kappa shape index (κ2) is 15.0. The van der Waals surface area contributed by atoms with Crippen LogP contribution in [-0.4, -0.2) is 90.0 Å². The number of hydrogen-bond acceptors (Lipinski definition) is 9. The highest BCUT2D eigenvalue weighted by atomic mass is 35.5. The number of likely N-dealkylation sites (tertiary alicyclic amines) is 1. The first kappa shape index (κ1) is 34.3. The van der Waals surface area contributed by atoms with Gasteiger partial charge in [0, 0.05) is 60.1 Å². The molecule has 262 valence electrons. The molecule has 1 N–H and O–H groups in total. The summed E-state index contributed by atoms with van der Waals surface area (Å²) in [6.07, 6.45) is 4.26. The maximum Gasteiger partial charge on any atom is 0.318 e. The number of amides is 2. The van der Waals surface area contributed by atoms with Gasteiger partial charge >= 0.3 is 6.01 Å². The quantitative estimate of drug-likeness (QED) is 0.219. The van der Waals surface area contributed by atoms with E-state index in [0.29, 0.717) is 67.5 Å². The number of likely N-dealkylation sites (N-methyl/N-ethyl adjacent to an activating group) is 1. The lowest BCUT2D eigenvalue weighted by Crippen LogP contribution is -2.55. The summed E-state index contributed by atoms with van der Waals surface area (Å²) in [6.45, 7) is 7.72. The van der Waals surface area contributed by atoms with E-state index in [4.69, 9.17) is 26.3 Å². The van der Waals surface area contributed by atoms with Gasteiger partial charge in [0.1, 0.15) is 12.4 Å². The van der Waals surface area contributed by atoms with Crippen molar-refractivity contribution in [3.05, 3.63) is 95.2 Å². The third-order valence-corrected chi connectivity index (χ3v) is 10.5. The monoisotopic (exact) mass is 704 g/mol. The standard InChI is InChI=1S/C39H41ClN8O3/c1-3-35(49)42-28-11-4-10-27(22-28)38(50)48-21-20-47(23-29(48)15-17-41)37-31-16-19-46(34-14-6-9-26-8-5-13-32(40)36(26)34)24-33(31)43-39(44-37)51-25-30-12-7-18-45(30)2/h3-6,8-11,13-14,22,29-30H,1,7,12,15-16,18-21,23-25H2,2H3,(H,42,49)/t29-,30+/m0/s1. The van der Waals surface area contributed by atoms with E-state index in [9.17, 15) is 14.9 Å². The van der Waals surface area contributed by atoms with Gasteiger partial charge < -0.3 is 29.7 Å². The second-order valence-electron chi connectivity index (χ2n) is 13.4. The Morgan fingerprint density at radius 1 is 1.06 bits per heavy atom. The van der Waals surface area contributed by atoms with Crippen molar-refractivity contribution in [2.75, 3.05) is 61.5 Å². The van der Waals surface area contributed by atoms with Gasteiger partial charge in [-0.3, -0.25) is 9.59 Å². The van der Waals surface area contributed by atoms with Gasteiger partial charge in [-0.2, -0.15) is 15.2 Å². The molecule has 2 amide bonds. The summed E-state index contributed by atoms with van der Waals surface area (Å²) in [4.78, 5) is 44.3. The molecule has 12 heteroatoms. The Morgan fingerprint density at radius 2 is 1.88 bits per heavy atom. The van der Waals surface area contributed by atoms with Crippen molar-refractivity contribution in [3.63, 3.8) is 0 Å². The summed E-state index contributed by atoms with van der Waals surface area (Å²) in [5, 5.41) is 15.4. The number of nitriles is 1. The van der Waals surface area contributed by atoms with E-state index in [1.54, 1.807) is 29.2 Å². The summed E-state index contributed by atoms with van der Waals surface area (Å²) in [5.74, 6) is 0.254. The third-order valence-electron chi connectivity index (χ3n) is 10.2. The van der Waals surface area contributed by atoms with Crippen LogP contribution in [0.4, 0.5) is 17.2 Å². The SMILES string of the molecule is C=CC(=O)Nc1cccc(C(=O)N2CCN(c3nc(OC[C@H]4CCCN4C)nc4c3CCN(c3cccc5cccc(Cl)c35)C4)C[C@@H]2CC#N)c1. The Morgan fingerprint density at radius 3 is 2.67 bits per heavy atom. The fourth-order valence-corrected chi connectivity index (χ4v) is 7.78. The van der Waals surface area contributed by atoms with E-state index < -0.39 is 0 Å². The Labute approximate surface area is 303 Å². The van der Waals surface area contributed by atoms with Crippen molar-refractivity contribution < 1.29 is 14.3 Å². The van der Waals surface area contributed by atoms with Crippen molar-refractivity contribution in [1.82, 2.24) is 19.8 Å². The number of rotatable bonds is 9. The number of piperazine rings is 1. The highest BCUT2D eigenvalue weighted by Gasteiger charge is 2.35. The van der Waals surface area contributed by atoms with Crippen molar-refractivity contribution in [2.24, 2.45) is 0 Å². The number of nitrogens with one attached hydrogen (secondary N) is 1. The number of hydrogen-bond donors (Lipinski definition) is 1. The maximum atomic E-state index is 13.8. The molecule has 3 aliphatic heterocycles. The number of fused-ring (bicyclic) bond motifs is 2. The minimum Gasteiger partial charge on any atom is -0.462 e. The molecular weight excluding hydrogens is 664 g/mol. The van der Waals surface area contributed by atoms with E-state index in [1.165, 1.54) is 6.08 Å². The van der Waals surface area contributed by atoms with Crippen LogP contribution < -0.4 is 19.9 Å². The van der Waals surface area contributed by atoms with Crippen LogP contribution in [-0.2, 0) is 17.8 Å². The van der Waals surface area contributed by atoms with Gasteiger partial charge in [0.15, 0.2) is 0 Å². The average Bonchev–Trinajstić information content (AvgIpc) is 3.57. The lowest BCUT2D eigenvalue weighted by atomic mass is 10.0. The first-order valence-electron chi connectivity index (χ1n) is 17.4. The summed E-state index contributed by atoms with van der Waals surface area (Å²) < 4.78 is 6.34. The molecule has 7 rings (SSSR count). The molecule has 3 aromatic carbocycles. The smallest absolute Gasteiger partial charge is 0.318 e. The predicted molar refractivity (Wildman–Crippen MR) is 199 cm³/mol. The van der Waals surface area contributed by atoms with Crippen LogP contribution in [0.15, 0.2) is 73.3 Å². The molecule has 4 heterocycles. The number of aromatic nitrogens is 2. The van der Waals surface area contributed by atoms with Crippen LogP contribution in [0.5, 0.6) is 6.01 Å². The fraction of sp³-hybridized carbons (Fsp3) is 0.359. The average molecular weight is 705 g/mol. The summed E-state index contributed by atoms with van der Waals surface area (Å²) >= 11 is 6.74. The number of halogens is 1. The van der Waals surface area contributed by atoms with Crippen LogP contribution >= 0.6 is 11.6 Å². The summed E-state index contributed by atoms with van der Waals surface area (Å²) in [7, 11) is 2.12. The van der Waals surface area contributed by atoms with E-state index in [0.717, 1.165) is 59.5 Å². The van der Waals surface area contributed by atoms with E-state index in [1.807, 2.05) is 12.1 Å². The molecule has 3 aliphatic rings. The van der Waals surface area contributed by atoms with Crippen molar-refractivity contribution in [2.45, 2.75) is 44.3 Å². The first-order valence-corrected chi connectivity index (χ1v) is 17.8. The predicted octanol–water partition coefficient (Wildman–Crippen LogP) is 5.69. The van der Waals surface area contributed by atoms with Gasteiger partial charge in [0.2, 0.25) is 5.91 Å². The fourth-order valence-electron chi connectivity index (χ4n) is 7.50. The lowest BCUT2D eigenvalue weighted by molar-refractivity contribution is -0.111. The van der Waals surface area contributed by atoms with Gasteiger partial charge in [0.05, 0.1) is 35.8 Å². The van der Waals surface area contributed by atoms with Gasteiger partial charge in [-0.1, -0.05) is 48.5 Å². The Balaban J connectivity index is 1.18. The first-order chi connectivity index (χ1) is 24.8. The Bertz CT molecular complexity index is 2010. The molecule has 51 heavy (non-hydrogen) atoms. The van der Waals surface area contributed by atoms with E-state index in [-0.39, 0.29) is 24.3 Å². The number of anilines is 3. The van der Waals surface area contributed by atoms with Gasteiger partial charge in [-0.25, -0.2) is 0 Å². The molecule has 0 unspecified atom stereocenters. The Kier molecular flexibility index (Phi) is 10.1. The molecule has 11 nitrogen and oxygen atoms in total. The number of nitrogens with zero attached hydrogens (tertiary/aromatic N) is 7. The normalized spacial score (nSPS) is 19.0. The molecule has 0 radical (unpaired) electrons. The summed E-state index contributed by atoms with van der Waals surface area (Å²) in [6, 6.07) is 21.6. The van der Waals surface area contributed by atoms with Crippen LogP contribution in [0, 0.1) is 11.3 Å². The zero-order chi connectivity index (χ0) is 35.5. The number of carbonyl (C=O) groups excluding carboxylic acids is 2. The lowest BCUT2D eigenvalue weighted by Gasteiger charge is -2.42. The van der Waals surface area contributed by atoms with E-state index >= 15 is 0 Å². The van der Waals surface area contributed by atoms with Gasteiger partial charge in [0.25, 0.3) is 5.91 Å². The molecular formula is C39H41ClN8O3. The van der Waals surface area contributed by atoms with Gasteiger partial charge in [-0.05, 0) is 74.6 Å². The largest absolute Gasteiger partial charge is 0.462 e. The minimum atomic E-state index is -0.372. The zero-order valence-electron chi connectivity index (χ0n) is 28.7. The number of ether oxygens (including phenoxy) is 1. The molecule has 0 bridgehead atoms. The number of carbonyl (C=O) groups is 2. The molecule has 2 fully saturated rings. The van der Waals surface area contributed by atoms with Crippen molar-refractivity contribution >= 4 is 51.4 Å². The van der Waals surface area contributed by atoms with Gasteiger partial charge in [-0.15, -0.1) is 0 Å². The molecule has 0 saturated carbocycles. The highest BCUT2D eigenvalue weighted by Crippen LogP contribution is 2.37. The molecule has 0 spiro atoms. The van der Waals surface area contributed by atoms with Crippen LogP contribution in [0.3, 0.4) is 0 Å². The zero-order valence-corrected chi connectivity index (χ0v) is 29.5. The molecule has 2 saturated heterocycles. The number of benzene rings is 3. The van der Waals surface area contributed by atoms with Crippen LogP contribution in [0.1, 0.15) is 40.9 Å². The van der Waals surface area contributed by atoms with Crippen LogP contribution in [0.2, 0.25) is 5.02 Å². The van der Waals surface area contributed by atoms with Crippen LogP contribution in [0.25, 0.3) is 10.8 Å².